The van der Waals surface area contributed by atoms with Crippen LogP contribution < -0.4 is 5.73 Å². The maximum absolute atomic E-state index is 8.41. The molecule has 0 fully saturated rings. The van der Waals surface area contributed by atoms with Gasteiger partial charge in [-0.1, -0.05) is 11.2 Å². The topological polar surface area (TPSA) is 74.7 Å². The van der Waals surface area contributed by atoms with Gasteiger partial charge in [-0.15, -0.1) is 0 Å². The van der Waals surface area contributed by atoms with Gasteiger partial charge >= 0.3 is 0 Å². The van der Waals surface area contributed by atoms with Crippen molar-refractivity contribution in [3.8, 4) is 0 Å². The summed E-state index contributed by atoms with van der Waals surface area (Å²) in [4.78, 5) is 5.83. The molecule has 0 unspecified atom stereocenters. The summed E-state index contributed by atoms with van der Waals surface area (Å²) < 4.78 is 0. The molecule has 0 saturated heterocycles. The van der Waals surface area contributed by atoms with Crippen molar-refractivity contribution in [1.82, 2.24) is 9.88 Å². The Morgan fingerprint density at radius 3 is 3.00 bits per heavy atom. The van der Waals surface area contributed by atoms with Gasteiger partial charge in [-0.25, -0.2) is 0 Å². The maximum atomic E-state index is 8.41. The fourth-order valence-corrected chi connectivity index (χ4v) is 1.02. The molecule has 0 aliphatic carbocycles. The highest BCUT2D eigenvalue weighted by Crippen LogP contribution is 1.95. The summed E-state index contributed by atoms with van der Waals surface area (Å²) >= 11 is 0. The largest absolute Gasteiger partial charge is 0.408 e. The fourth-order valence-electron chi connectivity index (χ4n) is 1.02. The number of likely N-dealkylation sites (N-methyl/N-ethyl adjacent to an activating group) is 1. The predicted molar refractivity (Wildman–Crippen MR) is 54.0 cm³/mol. The van der Waals surface area contributed by atoms with E-state index in [1.807, 2.05) is 18.2 Å². The molecule has 5 nitrogen and oxygen atoms in total. The quantitative estimate of drug-likeness (QED) is 0.313. The summed E-state index contributed by atoms with van der Waals surface area (Å²) in [6.45, 7) is 0.674. The van der Waals surface area contributed by atoms with Crippen LogP contribution in [0.25, 0.3) is 0 Å². The number of oxime groups is 1. The van der Waals surface area contributed by atoms with Gasteiger partial charge in [0.15, 0.2) is 0 Å². The van der Waals surface area contributed by atoms with Crippen LogP contribution in [0.2, 0.25) is 0 Å². The van der Waals surface area contributed by atoms with E-state index in [1.54, 1.807) is 18.1 Å². The summed E-state index contributed by atoms with van der Waals surface area (Å²) in [5.74, 6) is 0.112. The Morgan fingerprint density at radius 2 is 2.43 bits per heavy atom. The highest BCUT2D eigenvalue weighted by molar-refractivity contribution is 5.76. The van der Waals surface area contributed by atoms with Crippen LogP contribution in [0.4, 0.5) is 0 Å². The van der Waals surface area contributed by atoms with E-state index >= 15 is 0 Å². The van der Waals surface area contributed by atoms with Crippen molar-refractivity contribution in [3.05, 3.63) is 30.1 Å². The number of hydrogen-bond donors (Lipinski definition) is 2. The third-order valence-corrected chi connectivity index (χ3v) is 1.92. The second-order valence-electron chi connectivity index (χ2n) is 2.95. The number of nitrogens with two attached hydrogens (primary N) is 1. The Hall–Kier alpha value is -1.78. The molecule has 0 aromatic carbocycles. The van der Waals surface area contributed by atoms with Gasteiger partial charge in [0.2, 0.25) is 5.96 Å². The second-order valence-corrected chi connectivity index (χ2v) is 2.95. The first-order valence-corrected chi connectivity index (χ1v) is 4.32. The van der Waals surface area contributed by atoms with Gasteiger partial charge in [0, 0.05) is 31.9 Å². The number of aromatic nitrogens is 1. The minimum Gasteiger partial charge on any atom is -0.408 e. The van der Waals surface area contributed by atoms with Gasteiger partial charge in [0.1, 0.15) is 0 Å². The first kappa shape index (κ1) is 10.3. The molecule has 1 aromatic rings. The van der Waals surface area contributed by atoms with Crippen molar-refractivity contribution < 1.29 is 5.21 Å². The molecule has 0 atom stereocenters. The summed E-state index contributed by atoms with van der Waals surface area (Å²) in [5.41, 5.74) is 6.38. The van der Waals surface area contributed by atoms with Gasteiger partial charge in [-0.3, -0.25) is 4.98 Å². The monoisotopic (exact) mass is 194 g/mol. The van der Waals surface area contributed by atoms with Gasteiger partial charge in [-0.2, -0.15) is 0 Å². The van der Waals surface area contributed by atoms with E-state index in [2.05, 4.69) is 10.1 Å². The first-order chi connectivity index (χ1) is 6.74. The molecule has 0 bridgehead atoms. The smallest absolute Gasteiger partial charge is 0.233 e. The summed E-state index contributed by atoms with van der Waals surface area (Å²) in [7, 11) is 1.76. The zero-order chi connectivity index (χ0) is 10.4. The third kappa shape index (κ3) is 2.93. The molecule has 0 amide bonds. The van der Waals surface area contributed by atoms with Crippen LogP contribution in [0.5, 0.6) is 0 Å². The van der Waals surface area contributed by atoms with Crippen LogP contribution in [0.15, 0.2) is 29.6 Å². The molecule has 0 aliphatic heterocycles. The Kier molecular flexibility index (Phi) is 3.72. The molecule has 1 rings (SSSR count). The van der Waals surface area contributed by atoms with Gasteiger partial charge in [0.25, 0.3) is 0 Å². The van der Waals surface area contributed by atoms with Crippen LogP contribution in [0.1, 0.15) is 5.69 Å². The fraction of sp³-hybridized carbons (Fsp3) is 0.333. The molecule has 1 heterocycles. The van der Waals surface area contributed by atoms with Crippen LogP contribution in [0, 0.1) is 0 Å². The van der Waals surface area contributed by atoms with E-state index in [-0.39, 0.29) is 5.96 Å². The van der Waals surface area contributed by atoms with E-state index in [4.69, 9.17) is 10.9 Å². The molecule has 5 heteroatoms. The molecule has 0 aliphatic rings. The Labute approximate surface area is 82.9 Å². The molecule has 1 aromatic heterocycles. The minimum absolute atomic E-state index is 0.112. The molecule has 76 valence electrons. The number of hydrogen-bond acceptors (Lipinski definition) is 3. The normalized spacial score (nSPS) is 11.4. The average molecular weight is 194 g/mol. The molecular formula is C9H14N4O. The lowest BCUT2D eigenvalue weighted by molar-refractivity contribution is 0.305. The third-order valence-electron chi connectivity index (χ3n) is 1.92. The first-order valence-electron chi connectivity index (χ1n) is 4.32. The van der Waals surface area contributed by atoms with Crippen LogP contribution in [-0.4, -0.2) is 34.6 Å². The van der Waals surface area contributed by atoms with Crippen molar-refractivity contribution in [2.24, 2.45) is 10.9 Å². The van der Waals surface area contributed by atoms with Crippen LogP contribution in [-0.2, 0) is 6.42 Å². The Morgan fingerprint density at radius 1 is 1.64 bits per heavy atom. The van der Waals surface area contributed by atoms with Crippen molar-refractivity contribution >= 4 is 5.96 Å². The molecule has 0 spiro atoms. The number of guanidine groups is 1. The van der Waals surface area contributed by atoms with Crippen molar-refractivity contribution in [1.29, 1.82) is 0 Å². The lowest BCUT2D eigenvalue weighted by Crippen LogP contribution is -2.35. The standard InChI is InChI=1S/C9H14N4O/c1-13(9(10)12-14)7-5-8-4-2-3-6-11-8/h2-4,6,14H,5,7H2,1H3,(H2,10,12). The van der Waals surface area contributed by atoms with Crippen molar-refractivity contribution in [2.45, 2.75) is 6.42 Å². The van der Waals surface area contributed by atoms with E-state index in [9.17, 15) is 0 Å². The van der Waals surface area contributed by atoms with E-state index in [1.165, 1.54) is 0 Å². The summed E-state index contributed by atoms with van der Waals surface area (Å²) in [5, 5.41) is 11.3. The highest BCUT2D eigenvalue weighted by Gasteiger charge is 2.02. The van der Waals surface area contributed by atoms with Crippen LogP contribution in [0.3, 0.4) is 0 Å². The number of pyridine rings is 1. The van der Waals surface area contributed by atoms with E-state index in [0.717, 1.165) is 12.1 Å². The van der Waals surface area contributed by atoms with E-state index in [0.29, 0.717) is 6.54 Å². The highest BCUT2D eigenvalue weighted by atomic mass is 16.4. The maximum Gasteiger partial charge on any atom is 0.233 e. The lowest BCUT2D eigenvalue weighted by atomic mass is 10.2. The molecule has 0 saturated carbocycles. The molecular weight excluding hydrogens is 180 g/mol. The Bertz CT molecular complexity index is 299. The van der Waals surface area contributed by atoms with Crippen LogP contribution >= 0.6 is 0 Å². The van der Waals surface area contributed by atoms with E-state index < -0.39 is 0 Å². The summed E-state index contributed by atoms with van der Waals surface area (Å²) in [6, 6.07) is 5.75. The predicted octanol–water partition coefficient (Wildman–Crippen LogP) is 0.260. The zero-order valence-corrected chi connectivity index (χ0v) is 8.09. The molecule has 0 radical (unpaired) electrons. The molecule has 3 N–H and O–H groups in total. The second kappa shape index (κ2) is 5.06. The molecule has 14 heavy (non-hydrogen) atoms. The Balaban J connectivity index is 2.42. The average Bonchev–Trinajstić information content (AvgIpc) is 2.26. The van der Waals surface area contributed by atoms with Gasteiger partial charge in [0.05, 0.1) is 0 Å². The summed E-state index contributed by atoms with van der Waals surface area (Å²) in [6.07, 6.45) is 2.52. The van der Waals surface area contributed by atoms with Gasteiger partial charge < -0.3 is 15.8 Å². The SMILES string of the molecule is CN(CCc1ccccn1)C(N)=NO. The number of nitrogens with zero attached hydrogens (tertiary/aromatic N) is 3. The van der Waals surface area contributed by atoms with Crippen molar-refractivity contribution in [2.75, 3.05) is 13.6 Å². The van der Waals surface area contributed by atoms with Gasteiger partial charge in [-0.05, 0) is 12.1 Å². The number of rotatable bonds is 3. The minimum atomic E-state index is 0.112. The lowest BCUT2D eigenvalue weighted by Gasteiger charge is -2.15. The van der Waals surface area contributed by atoms with Crippen molar-refractivity contribution in [3.63, 3.8) is 0 Å². The zero-order valence-electron chi connectivity index (χ0n) is 8.09.